The molecule has 0 aromatic heterocycles. The van der Waals surface area contributed by atoms with Crippen LogP contribution in [0.25, 0.3) is 0 Å². The summed E-state index contributed by atoms with van der Waals surface area (Å²) < 4.78 is 4.94. The third-order valence-corrected chi connectivity index (χ3v) is 4.81. The Labute approximate surface area is 144 Å². The predicted molar refractivity (Wildman–Crippen MR) is 90.0 cm³/mol. The first-order valence-corrected chi connectivity index (χ1v) is 7.88. The van der Waals surface area contributed by atoms with Gasteiger partial charge in [-0.25, -0.2) is 0 Å². The third kappa shape index (κ3) is 2.69. The molecule has 6 heteroatoms. The van der Waals surface area contributed by atoms with E-state index in [2.05, 4.69) is 0 Å². The van der Waals surface area contributed by atoms with Gasteiger partial charge in [0.1, 0.15) is 5.41 Å². The minimum Gasteiger partial charge on any atom is -0.468 e. The van der Waals surface area contributed by atoms with Gasteiger partial charge in [-0.1, -0.05) is 54.6 Å². The number of ketones is 1. The van der Waals surface area contributed by atoms with E-state index in [9.17, 15) is 19.7 Å². The van der Waals surface area contributed by atoms with E-state index in [1.807, 2.05) is 0 Å². The molecule has 0 bridgehead atoms. The Bertz CT molecular complexity index is 833. The molecule has 0 heterocycles. The number of hydrogen-bond donors (Lipinski definition) is 0. The number of hydrogen-bond acceptors (Lipinski definition) is 5. The molecule has 0 saturated heterocycles. The van der Waals surface area contributed by atoms with Crippen LogP contribution in [0.4, 0.5) is 0 Å². The normalized spacial score (nSPS) is 20.0. The smallest absolute Gasteiger partial charge is 0.320 e. The maximum atomic E-state index is 13.2. The number of nitrogens with zero attached hydrogens (tertiary/aromatic N) is 1. The molecule has 2 atom stereocenters. The second-order valence-electron chi connectivity index (χ2n) is 6.10. The van der Waals surface area contributed by atoms with E-state index in [1.54, 1.807) is 54.6 Å². The lowest BCUT2D eigenvalue weighted by molar-refractivity contribution is -0.485. The Morgan fingerprint density at radius 2 is 1.84 bits per heavy atom. The molecule has 25 heavy (non-hydrogen) atoms. The van der Waals surface area contributed by atoms with Gasteiger partial charge >= 0.3 is 5.97 Å². The maximum Gasteiger partial charge on any atom is 0.320 e. The molecule has 0 aliphatic heterocycles. The van der Waals surface area contributed by atoms with Crippen molar-refractivity contribution in [2.75, 3.05) is 13.7 Å². The van der Waals surface area contributed by atoms with Crippen LogP contribution in [0.2, 0.25) is 0 Å². The van der Waals surface area contributed by atoms with Gasteiger partial charge in [-0.3, -0.25) is 19.7 Å². The van der Waals surface area contributed by atoms with Gasteiger partial charge in [0.15, 0.2) is 5.78 Å². The standard InChI is InChI=1S/C19H17NO5/c1-25-18(22)19(11-14-9-5-6-10-15(14)17(19)21)16(12-20(23)24)13-7-3-2-4-8-13/h2-10,16H,11-12H2,1H3/t16-,19?/m0/s1. The second kappa shape index (κ2) is 6.47. The molecule has 2 aromatic carbocycles. The summed E-state index contributed by atoms with van der Waals surface area (Å²) in [6.07, 6.45) is 0.0993. The molecule has 0 fully saturated rings. The predicted octanol–water partition coefficient (Wildman–Crippen LogP) is 2.65. The minimum absolute atomic E-state index is 0.0993. The van der Waals surface area contributed by atoms with Gasteiger partial charge in [0.2, 0.25) is 6.54 Å². The van der Waals surface area contributed by atoms with E-state index < -0.39 is 34.6 Å². The third-order valence-electron chi connectivity index (χ3n) is 4.81. The summed E-state index contributed by atoms with van der Waals surface area (Å²) >= 11 is 0. The van der Waals surface area contributed by atoms with Crippen LogP contribution in [0.15, 0.2) is 54.6 Å². The molecule has 0 radical (unpaired) electrons. The molecule has 1 unspecified atom stereocenters. The van der Waals surface area contributed by atoms with Crippen LogP contribution in [0.5, 0.6) is 0 Å². The number of fused-ring (bicyclic) bond motifs is 1. The maximum absolute atomic E-state index is 13.2. The zero-order chi connectivity index (χ0) is 18.0. The largest absolute Gasteiger partial charge is 0.468 e. The van der Waals surface area contributed by atoms with Crippen molar-refractivity contribution in [2.45, 2.75) is 12.3 Å². The van der Waals surface area contributed by atoms with Gasteiger partial charge in [0.25, 0.3) is 0 Å². The molecule has 0 N–H and O–H groups in total. The van der Waals surface area contributed by atoms with Crippen molar-refractivity contribution in [2.24, 2.45) is 5.41 Å². The molecular weight excluding hydrogens is 322 g/mol. The first-order chi connectivity index (χ1) is 12.0. The first-order valence-electron chi connectivity index (χ1n) is 7.88. The topological polar surface area (TPSA) is 86.5 Å². The molecule has 6 nitrogen and oxygen atoms in total. The lowest BCUT2D eigenvalue weighted by atomic mass is 9.69. The average Bonchev–Trinajstić information content (AvgIpc) is 2.93. The summed E-state index contributed by atoms with van der Waals surface area (Å²) in [7, 11) is 1.20. The molecule has 0 amide bonds. The zero-order valence-corrected chi connectivity index (χ0v) is 13.7. The number of Topliss-reactive ketones (excluding diaryl/α,β-unsaturated/α-hetero) is 1. The fourth-order valence-electron chi connectivity index (χ4n) is 3.67. The van der Waals surface area contributed by atoms with Crippen LogP contribution < -0.4 is 0 Å². The Morgan fingerprint density at radius 3 is 2.44 bits per heavy atom. The number of carbonyl (C=O) groups excluding carboxylic acids is 2. The molecule has 0 spiro atoms. The van der Waals surface area contributed by atoms with E-state index in [1.165, 1.54) is 7.11 Å². The molecule has 3 rings (SSSR count). The Morgan fingerprint density at radius 1 is 1.20 bits per heavy atom. The lowest BCUT2D eigenvalue weighted by Gasteiger charge is -2.31. The first kappa shape index (κ1) is 16.8. The van der Waals surface area contributed by atoms with Crippen molar-refractivity contribution in [3.8, 4) is 0 Å². The van der Waals surface area contributed by atoms with Crippen LogP contribution in [0.3, 0.4) is 0 Å². The highest BCUT2D eigenvalue weighted by Gasteiger charge is 2.59. The zero-order valence-electron chi connectivity index (χ0n) is 13.7. The van der Waals surface area contributed by atoms with Crippen molar-refractivity contribution in [3.05, 3.63) is 81.4 Å². The van der Waals surface area contributed by atoms with Crippen molar-refractivity contribution >= 4 is 11.8 Å². The number of ether oxygens (including phenoxy) is 1. The van der Waals surface area contributed by atoms with Crippen molar-refractivity contribution < 1.29 is 19.2 Å². The molecule has 1 aliphatic rings. The summed E-state index contributed by atoms with van der Waals surface area (Å²) in [4.78, 5) is 36.8. The Hall–Kier alpha value is -3.02. The van der Waals surface area contributed by atoms with E-state index >= 15 is 0 Å². The van der Waals surface area contributed by atoms with Crippen LogP contribution in [-0.4, -0.2) is 30.3 Å². The van der Waals surface area contributed by atoms with Crippen molar-refractivity contribution in [3.63, 3.8) is 0 Å². The fraction of sp³-hybridized carbons (Fsp3) is 0.263. The molecular formula is C19H17NO5. The molecule has 2 aromatic rings. The van der Waals surface area contributed by atoms with Crippen LogP contribution >= 0.6 is 0 Å². The van der Waals surface area contributed by atoms with Crippen LogP contribution in [0, 0.1) is 15.5 Å². The number of esters is 1. The van der Waals surface area contributed by atoms with Gasteiger partial charge in [0, 0.05) is 10.5 Å². The van der Waals surface area contributed by atoms with Crippen molar-refractivity contribution in [1.82, 2.24) is 0 Å². The summed E-state index contributed by atoms with van der Waals surface area (Å²) in [6, 6.07) is 15.6. The Balaban J connectivity index is 2.19. The average molecular weight is 339 g/mol. The number of rotatable bonds is 5. The minimum atomic E-state index is -1.62. The summed E-state index contributed by atoms with van der Waals surface area (Å²) in [5.41, 5.74) is 0.0949. The molecule has 128 valence electrons. The lowest BCUT2D eigenvalue weighted by Crippen LogP contribution is -2.46. The van der Waals surface area contributed by atoms with Gasteiger partial charge in [-0.2, -0.15) is 0 Å². The van der Waals surface area contributed by atoms with Crippen LogP contribution in [0.1, 0.15) is 27.4 Å². The SMILES string of the molecule is COC(=O)C1([C@@H](C[N+](=O)[O-])c2ccccc2)Cc2ccccc2C1=O. The highest BCUT2D eigenvalue weighted by molar-refractivity contribution is 6.16. The molecule has 1 aliphatic carbocycles. The van der Waals surface area contributed by atoms with Gasteiger partial charge < -0.3 is 4.74 Å². The van der Waals surface area contributed by atoms with E-state index in [0.717, 1.165) is 0 Å². The Kier molecular flexibility index (Phi) is 4.35. The van der Waals surface area contributed by atoms with Crippen molar-refractivity contribution in [1.29, 1.82) is 0 Å². The quantitative estimate of drug-likeness (QED) is 0.362. The number of methoxy groups -OCH3 is 1. The van der Waals surface area contributed by atoms with Gasteiger partial charge in [-0.05, 0) is 17.5 Å². The van der Waals surface area contributed by atoms with E-state index in [0.29, 0.717) is 16.7 Å². The number of nitro groups is 1. The van der Waals surface area contributed by atoms with Crippen LogP contribution in [-0.2, 0) is 16.0 Å². The van der Waals surface area contributed by atoms with Gasteiger partial charge in [0.05, 0.1) is 13.0 Å². The summed E-state index contributed by atoms with van der Waals surface area (Å²) in [5.74, 6) is -2.05. The number of benzene rings is 2. The highest BCUT2D eigenvalue weighted by Crippen LogP contribution is 2.48. The molecule has 0 saturated carbocycles. The van der Waals surface area contributed by atoms with E-state index in [-0.39, 0.29) is 6.42 Å². The number of carbonyl (C=O) groups is 2. The summed E-state index contributed by atoms with van der Waals surface area (Å²) in [5, 5.41) is 11.3. The fourth-order valence-corrected chi connectivity index (χ4v) is 3.67. The highest BCUT2D eigenvalue weighted by atomic mass is 16.6. The van der Waals surface area contributed by atoms with Gasteiger partial charge in [-0.15, -0.1) is 0 Å². The second-order valence-corrected chi connectivity index (χ2v) is 6.10. The monoisotopic (exact) mass is 339 g/mol. The van der Waals surface area contributed by atoms with E-state index in [4.69, 9.17) is 4.74 Å². The summed E-state index contributed by atoms with van der Waals surface area (Å²) in [6.45, 7) is -0.529.